The maximum atomic E-state index is 16.1. The molecule has 0 unspecified atom stereocenters. The van der Waals surface area contributed by atoms with E-state index in [9.17, 15) is 9.59 Å². The van der Waals surface area contributed by atoms with Gasteiger partial charge in [0.15, 0.2) is 5.82 Å². The van der Waals surface area contributed by atoms with Gasteiger partial charge in [0.25, 0.3) is 5.91 Å². The predicted molar refractivity (Wildman–Crippen MR) is 148 cm³/mol. The largest absolute Gasteiger partial charge is 0.496 e. The molecule has 202 valence electrons. The van der Waals surface area contributed by atoms with Gasteiger partial charge in [-0.3, -0.25) is 9.59 Å². The van der Waals surface area contributed by atoms with Crippen LogP contribution in [0, 0.1) is 5.82 Å². The van der Waals surface area contributed by atoms with Crippen molar-refractivity contribution >= 4 is 28.4 Å². The van der Waals surface area contributed by atoms with E-state index in [-0.39, 0.29) is 23.5 Å². The van der Waals surface area contributed by atoms with Crippen LogP contribution in [0.3, 0.4) is 0 Å². The van der Waals surface area contributed by atoms with Crippen LogP contribution in [-0.4, -0.2) is 87.1 Å². The van der Waals surface area contributed by atoms with Gasteiger partial charge in [0.1, 0.15) is 11.4 Å². The van der Waals surface area contributed by atoms with Crippen LogP contribution >= 0.6 is 0 Å². The van der Waals surface area contributed by atoms with E-state index in [1.165, 1.54) is 4.90 Å². The number of fused-ring (bicyclic) bond motifs is 1. The highest BCUT2D eigenvalue weighted by Gasteiger charge is 2.29. The molecule has 1 atom stereocenters. The molecule has 2 aromatic carbocycles. The molecule has 2 amide bonds. The van der Waals surface area contributed by atoms with Crippen molar-refractivity contribution in [3.05, 3.63) is 47.4 Å². The zero-order valence-electron chi connectivity index (χ0n) is 22.6. The first-order chi connectivity index (χ1) is 18.3. The van der Waals surface area contributed by atoms with Crippen LogP contribution < -0.4 is 15.0 Å². The summed E-state index contributed by atoms with van der Waals surface area (Å²) in [4.78, 5) is 33.6. The van der Waals surface area contributed by atoms with Gasteiger partial charge in [0.05, 0.1) is 12.6 Å². The minimum Gasteiger partial charge on any atom is -0.496 e. The molecule has 0 bridgehead atoms. The molecule has 38 heavy (non-hydrogen) atoms. The van der Waals surface area contributed by atoms with Gasteiger partial charge in [-0.15, -0.1) is 0 Å². The van der Waals surface area contributed by atoms with E-state index in [2.05, 4.69) is 21.3 Å². The average Bonchev–Trinajstić information content (AvgIpc) is 3.39. The fourth-order valence-corrected chi connectivity index (χ4v) is 5.70. The first kappa shape index (κ1) is 26.0. The minimum absolute atomic E-state index is 0.000296. The van der Waals surface area contributed by atoms with E-state index in [4.69, 9.17) is 4.74 Å². The predicted octanol–water partition coefficient (Wildman–Crippen LogP) is 3.82. The number of amides is 2. The molecule has 2 fully saturated rings. The third-order valence-electron chi connectivity index (χ3n) is 7.78. The van der Waals surface area contributed by atoms with Crippen LogP contribution in [0.5, 0.6) is 5.75 Å². The Morgan fingerprint density at radius 2 is 1.84 bits per heavy atom. The Morgan fingerprint density at radius 3 is 2.53 bits per heavy atom. The molecular formula is C29H36FN5O3. The number of aromatic amines is 1. The molecular weight excluding hydrogens is 485 g/mol. The van der Waals surface area contributed by atoms with Crippen molar-refractivity contribution < 1.29 is 18.7 Å². The van der Waals surface area contributed by atoms with Gasteiger partial charge in [0, 0.05) is 88.9 Å². The number of hydrogen-bond acceptors (Lipinski definition) is 5. The van der Waals surface area contributed by atoms with E-state index in [0.29, 0.717) is 41.0 Å². The smallest absolute Gasteiger partial charge is 0.269 e. The number of piperidine rings is 1. The number of piperazine rings is 1. The average molecular weight is 522 g/mol. The molecule has 2 saturated heterocycles. The van der Waals surface area contributed by atoms with Gasteiger partial charge < -0.3 is 29.7 Å². The summed E-state index contributed by atoms with van der Waals surface area (Å²) in [6.07, 6.45) is 1.60. The minimum atomic E-state index is -0.367. The third kappa shape index (κ3) is 4.82. The lowest BCUT2D eigenvalue weighted by atomic mass is 9.86. The number of nitrogens with one attached hydrogen (secondary N) is 2. The number of nitrogens with zero attached hydrogens (tertiary/aromatic N) is 3. The summed E-state index contributed by atoms with van der Waals surface area (Å²) in [5.41, 5.74) is 3.89. The summed E-state index contributed by atoms with van der Waals surface area (Å²) in [6, 6.07) is 9.76. The van der Waals surface area contributed by atoms with Crippen LogP contribution in [0.15, 0.2) is 30.3 Å². The van der Waals surface area contributed by atoms with Crippen LogP contribution in [-0.2, 0) is 4.79 Å². The topological polar surface area (TPSA) is 80.9 Å². The molecule has 2 aliphatic heterocycles. The molecule has 3 heterocycles. The quantitative estimate of drug-likeness (QED) is 0.534. The van der Waals surface area contributed by atoms with E-state index in [1.807, 2.05) is 18.2 Å². The number of halogens is 1. The van der Waals surface area contributed by atoms with Crippen LogP contribution in [0.4, 0.5) is 10.1 Å². The van der Waals surface area contributed by atoms with E-state index >= 15 is 4.39 Å². The van der Waals surface area contributed by atoms with Crippen molar-refractivity contribution in [2.45, 2.75) is 25.7 Å². The third-order valence-corrected chi connectivity index (χ3v) is 7.78. The molecule has 2 N–H and O–H groups in total. The van der Waals surface area contributed by atoms with Crippen LogP contribution in [0.25, 0.3) is 22.0 Å². The first-order valence-electron chi connectivity index (χ1n) is 13.2. The van der Waals surface area contributed by atoms with Gasteiger partial charge >= 0.3 is 0 Å². The maximum Gasteiger partial charge on any atom is 0.269 e. The van der Waals surface area contributed by atoms with Gasteiger partial charge in [0.2, 0.25) is 5.91 Å². The number of likely N-dealkylation sites (tertiary alicyclic amines) is 1. The van der Waals surface area contributed by atoms with Crippen molar-refractivity contribution in [2.24, 2.45) is 0 Å². The van der Waals surface area contributed by atoms with Crippen molar-refractivity contribution in [1.29, 1.82) is 0 Å². The lowest BCUT2D eigenvalue weighted by Crippen LogP contribution is -2.43. The summed E-state index contributed by atoms with van der Waals surface area (Å²) in [6.45, 7) is 6.40. The fourth-order valence-electron chi connectivity index (χ4n) is 5.70. The van der Waals surface area contributed by atoms with Crippen molar-refractivity contribution in [3.63, 3.8) is 0 Å². The highest BCUT2D eigenvalue weighted by atomic mass is 19.1. The Labute approximate surface area is 222 Å². The molecule has 0 radical (unpaired) electrons. The normalized spacial score (nSPS) is 18.1. The molecule has 0 aliphatic carbocycles. The summed E-state index contributed by atoms with van der Waals surface area (Å²) in [5, 5.41) is 4.00. The molecule has 1 aromatic heterocycles. The number of anilines is 1. The summed E-state index contributed by atoms with van der Waals surface area (Å²) >= 11 is 0. The van der Waals surface area contributed by atoms with Crippen molar-refractivity contribution in [2.75, 3.05) is 65.4 Å². The van der Waals surface area contributed by atoms with Crippen molar-refractivity contribution in [1.82, 2.24) is 20.1 Å². The second-order valence-electron chi connectivity index (χ2n) is 10.4. The summed E-state index contributed by atoms with van der Waals surface area (Å²) in [5.74, 6) is -0.0444. The molecule has 5 rings (SSSR count). The molecule has 3 aromatic rings. The van der Waals surface area contributed by atoms with E-state index in [0.717, 1.165) is 55.8 Å². The van der Waals surface area contributed by atoms with Gasteiger partial charge in [-0.2, -0.15) is 0 Å². The first-order valence-corrected chi connectivity index (χ1v) is 13.2. The highest BCUT2D eigenvalue weighted by molar-refractivity contribution is 6.04. The number of methoxy groups -OCH3 is 1. The van der Waals surface area contributed by atoms with Gasteiger partial charge in [-0.1, -0.05) is 0 Å². The number of ether oxygens (including phenoxy) is 1. The lowest BCUT2D eigenvalue weighted by molar-refractivity contribution is -0.130. The second-order valence-corrected chi connectivity index (χ2v) is 10.4. The van der Waals surface area contributed by atoms with E-state index in [1.54, 1.807) is 39.1 Å². The Kier molecular flexibility index (Phi) is 7.29. The second kappa shape index (κ2) is 10.6. The standard InChI is InChI=1S/C29H36FN5O3/c1-18(36)35-11-5-6-19(17-35)22-15-23(24-16-25(29(37)33(2)3)32-28(24)27(22)30)21-8-7-20(14-26(21)38-4)34-12-9-31-10-13-34/h7-8,14-16,19,31-32H,5-6,9-13,17H2,1-4H3/t19-/m1/s1. The number of rotatable bonds is 5. The Bertz CT molecular complexity index is 1360. The van der Waals surface area contributed by atoms with Gasteiger partial charge in [-0.05, 0) is 48.2 Å². The molecule has 9 heteroatoms. The number of aromatic nitrogens is 1. The monoisotopic (exact) mass is 521 g/mol. The summed E-state index contributed by atoms with van der Waals surface area (Å²) < 4.78 is 22.0. The zero-order valence-corrected chi connectivity index (χ0v) is 22.6. The summed E-state index contributed by atoms with van der Waals surface area (Å²) in [7, 11) is 4.99. The van der Waals surface area contributed by atoms with Crippen molar-refractivity contribution in [3.8, 4) is 16.9 Å². The number of benzene rings is 2. The van der Waals surface area contributed by atoms with Crippen LogP contribution in [0.2, 0.25) is 0 Å². The lowest BCUT2D eigenvalue weighted by Gasteiger charge is -2.33. The molecule has 8 nitrogen and oxygen atoms in total. The fraction of sp³-hybridized carbons (Fsp3) is 0.448. The van der Waals surface area contributed by atoms with Gasteiger partial charge in [-0.25, -0.2) is 4.39 Å². The molecule has 2 aliphatic rings. The molecule has 0 saturated carbocycles. The Morgan fingerprint density at radius 1 is 1.08 bits per heavy atom. The SMILES string of the molecule is COc1cc(N2CCNCC2)ccc1-c1cc([C@@H]2CCCN(C(C)=O)C2)c(F)c2[nH]c(C(=O)N(C)C)cc12. The van der Waals surface area contributed by atoms with Crippen LogP contribution in [0.1, 0.15) is 41.7 Å². The number of hydrogen-bond donors (Lipinski definition) is 2. The Balaban J connectivity index is 1.67. The molecule has 0 spiro atoms. The zero-order chi connectivity index (χ0) is 27.0. The highest BCUT2D eigenvalue weighted by Crippen LogP contribution is 2.42. The number of H-pyrrole nitrogens is 1. The number of carbonyl (C=O) groups excluding carboxylic acids is 2. The van der Waals surface area contributed by atoms with E-state index < -0.39 is 0 Å². The number of carbonyl (C=O) groups is 2. The Hall–Kier alpha value is -3.59. The maximum absolute atomic E-state index is 16.1.